The Morgan fingerprint density at radius 1 is 1.53 bits per heavy atom. The predicted molar refractivity (Wildman–Crippen MR) is 55.7 cm³/mol. The molecule has 1 aliphatic rings. The lowest BCUT2D eigenvalue weighted by atomic mass is 10.0. The molecule has 1 aromatic rings. The summed E-state index contributed by atoms with van der Waals surface area (Å²) in [5, 5.41) is 9.14. The van der Waals surface area contributed by atoms with E-state index in [1.807, 2.05) is 0 Å². The number of carboxylic acid groups (broad SMARTS) is 1. The topological polar surface area (TPSA) is 37.3 Å². The van der Waals surface area contributed by atoms with E-state index in [4.69, 9.17) is 16.7 Å². The summed E-state index contributed by atoms with van der Waals surface area (Å²) in [5.74, 6) is -1.46. The number of aliphatic carboxylic acids is 1. The van der Waals surface area contributed by atoms with Gasteiger partial charge >= 0.3 is 5.97 Å². The quantitative estimate of drug-likeness (QED) is 0.842. The van der Waals surface area contributed by atoms with Crippen molar-refractivity contribution in [1.29, 1.82) is 0 Å². The standard InChI is InChI=1S/C11H8ClFO2/c12-9-3-1-2-6-7(9)4-5-8(6)10(13)11(14)15/h1-3,5,10H,4H2,(H,14,15). The van der Waals surface area contributed by atoms with Crippen molar-refractivity contribution in [2.75, 3.05) is 0 Å². The van der Waals surface area contributed by atoms with E-state index in [0.29, 0.717) is 17.0 Å². The summed E-state index contributed by atoms with van der Waals surface area (Å²) in [6, 6.07) is 5.09. The van der Waals surface area contributed by atoms with Gasteiger partial charge in [0.25, 0.3) is 0 Å². The van der Waals surface area contributed by atoms with Crippen LogP contribution in [0.15, 0.2) is 24.3 Å². The summed E-state index contributed by atoms with van der Waals surface area (Å²) >= 11 is 5.92. The van der Waals surface area contributed by atoms with Gasteiger partial charge in [-0.25, -0.2) is 9.18 Å². The maximum Gasteiger partial charge on any atom is 0.343 e. The van der Waals surface area contributed by atoms with E-state index in [1.54, 1.807) is 24.3 Å². The molecule has 0 fully saturated rings. The van der Waals surface area contributed by atoms with Gasteiger partial charge in [-0.1, -0.05) is 29.8 Å². The van der Waals surface area contributed by atoms with E-state index in [0.717, 1.165) is 5.56 Å². The van der Waals surface area contributed by atoms with Crippen LogP contribution in [0.5, 0.6) is 0 Å². The highest BCUT2D eigenvalue weighted by atomic mass is 35.5. The van der Waals surface area contributed by atoms with Gasteiger partial charge in [0.15, 0.2) is 0 Å². The number of carbonyl (C=O) groups is 1. The van der Waals surface area contributed by atoms with Crippen LogP contribution in [0.25, 0.3) is 5.57 Å². The van der Waals surface area contributed by atoms with Crippen molar-refractivity contribution in [3.63, 3.8) is 0 Å². The van der Waals surface area contributed by atoms with Crippen LogP contribution in [0.1, 0.15) is 11.1 Å². The number of fused-ring (bicyclic) bond motifs is 1. The number of benzene rings is 1. The molecule has 1 aromatic carbocycles. The Hall–Kier alpha value is -1.35. The summed E-state index contributed by atoms with van der Waals surface area (Å²) < 4.78 is 13.3. The van der Waals surface area contributed by atoms with Crippen LogP contribution in [0.3, 0.4) is 0 Å². The minimum atomic E-state index is -1.97. The van der Waals surface area contributed by atoms with Crippen molar-refractivity contribution >= 4 is 23.1 Å². The van der Waals surface area contributed by atoms with Crippen LogP contribution in [-0.2, 0) is 11.2 Å². The van der Waals surface area contributed by atoms with Gasteiger partial charge in [-0.2, -0.15) is 0 Å². The molecule has 0 amide bonds. The van der Waals surface area contributed by atoms with Crippen molar-refractivity contribution < 1.29 is 14.3 Å². The third kappa shape index (κ3) is 1.63. The van der Waals surface area contributed by atoms with Crippen LogP contribution in [0, 0.1) is 0 Å². The zero-order valence-corrected chi connectivity index (χ0v) is 8.46. The van der Waals surface area contributed by atoms with Crippen molar-refractivity contribution in [1.82, 2.24) is 0 Å². The minimum Gasteiger partial charge on any atom is -0.479 e. The minimum absolute atomic E-state index is 0.208. The van der Waals surface area contributed by atoms with Gasteiger partial charge in [0.1, 0.15) is 0 Å². The number of alkyl halides is 1. The first-order valence-corrected chi connectivity index (χ1v) is 4.83. The third-order valence-corrected chi connectivity index (χ3v) is 2.80. The first-order valence-electron chi connectivity index (χ1n) is 4.46. The van der Waals surface area contributed by atoms with Crippen LogP contribution in [0.4, 0.5) is 4.39 Å². The Morgan fingerprint density at radius 3 is 2.93 bits per heavy atom. The number of carboxylic acids is 1. The molecule has 15 heavy (non-hydrogen) atoms. The summed E-state index contributed by atoms with van der Waals surface area (Å²) in [7, 11) is 0. The van der Waals surface area contributed by atoms with E-state index in [9.17, 15) is 9.18 Å². The van der Waals surface area contributed by atoms with E-state index in [-0.39, 0.29) is 5.57 Å². The van der Waals surface area contributed by atoms with Gasteiger partial charge in [0.2, 0.25) is 6.17 Å². The average molecular weight is 227 g/mol. The van der Waals surface area contributed by atoms with E-state index >= 15 is 0 Å². The molecule has 2 rings (SSSR count). The first kappa shape index (κ1) is 10.2. The number of rotatable bonds is 2. The molecule has 0 heterocycles. The van der Waals surface area contributed by atoms with Gasteiger partial charge in [-0.15, -0.1) is 0 Å². The predicted octanol–water partition coefficient (Wildman–Crippen LogP) is 2.70. The number of halogens is 2. The molecule has 0 saturated heterocycles. The molecule has 2 nitrogen and oxygen atoms in total. The normalized spacial score (nSPS) is 15.7. The molecule has 0 aliphatic heterocycles. The maximum absolute atomic E-state index is 13.3. The monoisotopic (exact) mass is 226 g/mol. The van der Waals surface area contributed by atoms with Crippen molar-refractivity contribution in [2.24, 2.45) is 0 Å². The molecule has 0 saturated carbocycles. The van der Waals surface area contributed by atoms with Gasteiger partial charge in [-0.05, 0) is 23.6 Å². The lowest BCUT2D eigenvalue weighted by molar-refractivity contribution is -0.140. The molecule has 0 radical (unpaired) electrons. The molecule has 0 spiro atoms. The number of allylic oxidation sites excluding steroid dienone is 1. The molecule has 0 bridgehead atoms. The van der Waals surface area contributed by atoms with Crippen LogP contribution in [0.2, 0.25) is 5.02 Å². The Balaban J connectivity index is 2.43. The lowest BCUT2D eigenvalue weighted by Gasteiger charge is -2.07. The zero-order valence-electron chi connectivity index (χ0n) is 7.71. The molecule has 4 heteroatoms. The highest BCUT2D eigenvalue weighted by molar-refractivity contribution is 6.31. The Morgan fingerprint density at radius 2 is 2.27 bits per heavy atom. The van der Waals surface area contributed by atoms with E-state index < -0.39 is 12.1 Å². The van der Waals surface area contributed by atoms with Gasteiger partial charge < -0.3 is 5.11 Å². The SMILES string of the molecule is O=C(O)C(F)C1=CCc2c(Cl)cccc21. The summed E-state index contributed by atoms with van der Waals surface area (Å²) in [5.41, 5.74) is 1.62. The first-order chi connectivity index (χ1) is 7.11. The smallest absolute Gasteiger partial charge is 0.343 e. The number of hydrogen-bond donors (Lipinski definition) is 1. The maximum atomic E-state index is 13.3. The second-order valence-corrected chi connectivity index (χ2v) is 3.74. The van der Waals surface area contributed by atoms with Crippen LogP contribution < -0.4 is 0 Å². The molecule has 0 aromatic heterocycles. The van der Waals surface area contributed by atoms with Crippen LogP contribution in [-0.4, -0.2) is 17.2 Å². The molecular formula is C11H8ClFO2. The Kier molecular flexibility index (Phi) is 2.49. The summed E-state index contributed by atoms with van der Waals surface area (Å²) in [6.45, 7) is 0. The van der Waals surface area contributed by atoms with Crippen molar-refractivity contribution in [2.45, 2.75) is 12.6 Å². The fourth-order valence-corrected chi connectivity index (χ4v) is 1.98. The molecule has 1 atom stereocenters. The average Bonchev–Trinajstić information content (AvgIpc) is 2.61. The van der Waals surface area contributed by atoms with Crippen molar-refractivity contribution in [3.8, 4) is 0 Å². The molecule has 78 valence electrons. The second kappa shape index (κ2) is 3.66. The summed E-state index contributed by atoms with van der Waals surface area (Å²) in [6.07, 6.45) is 0.109. The van der Waals surface area contributed by atoms with Crippen molar-refractivity contribution in [3.05, 3.63) is 40.4 Å². The summed E-state index contributed by atoms with van der Waals surface area (Å²) in [4.78, 5) is 10.5. The molecular weight excluding hydrogens is 219 g/mol. The fraction of sp³-hybridized carbons (Fsp3) is 0.182. The largest absolute Gasteiger partial charge is 0.479 e. The molecule has 1 unspecified atom stereocenters. The van der Waals surface area contributed by atoms with E-state index in [2.05, 4.69) is 0 Å². The Labute approximate surface area is 91.0 Å². The third-order valence-electron chi connectivity index (χ3n) is 2.45. The van der Waals surface area contributed by atoms with Gasteiger partial charge in [0, 0.05) is 10.6 Å². The van der Waals surface area contributed by atoms with E-state index in [1.165, 1.54) is 0 Å². The van der Waals surface area contributed by atoms with Gasteiger partial charge in [-0.3, -0.25) is 0 Å². The fourth-order valence-electron chi connectivity index (χ4n) is 1.73. The number of hydrogen-bond acceptors (Lipinski definition) is 1. The Bertz CT molecular complexity index is 454. The molecule has 1 aliphatic carbocycles. The van der Waals surface area contributed by atoms with Crippen LogP contribution >= 0.6 is 11.6 Å². The highest BCUT2D eigenvalue weighted by Gasteiger charge is 2.27. The molecule has 1 N–H and O–H groups in total. The zero-order chi connectivity index (χ0) is 11.0. The second-order valence-electron chi connectivity index (χ2n) is 3.33. The van der Waals surface area contributed by atoms with Gasteiger partial charge in [0.05, 0.1) is 0 Å². The highest BCUT2D eigenvalue weighted by Crippen LogP contribution is 2.35. The lowest BCUT2D eigenvalue weighted by Crippen LogP contribution is -2.15.